The molecule has 0 radical (unpaired) electrons. The molecule has 1 amide bonds. The van der Waals surface area contributed by atoms with Crippen LogP contribution in [0.1, 0.15) is 21.6 Å². The Labute approximate surface area is 172 Å². The summed E-state index contributed by atoms with van der Waals surface area (Å²) in [5.74, 6) is -1.39. The zero-order valence-electron chi connectivity index (χ0n) is 15.4. The van der Waals surface area contributed by atoms with Crippen LogP contribution in [0.4, 0.5) is 10.7 Å². The second-order valence-corrected chi connectivity index (χ2v) is 6.51. The Balaban J connectivity index is 1.81. The molecule has 0 saturated carbocycles. The van der Waals surface area contributed by atoms with Crippen LogP contribution in [0.15, 0.2) is 66.9 Å². The maximum atomic E-state index is 12.7. The van der Waals surface area contributed by atoms with Crippen LogP contribution in [0.3, 0.4) is 0 Å². The number of benzene rings is 2. The van der Waals surface area contributed by atoms with E-state index in [0.717, 1.165) is 17.3 Å². The molecule has 0 saturated heterocycles. The van der Waals surface area contributed by atoms with Gasteiger partial charge in [-0.15, -0.1) is 0 Å². The molecule has 0 aliphatic heterocycles. The molecule has 2 aromatic carbocycles. The van der Waals surface area contributed by atoms with Crippen molar-refractivity contribution >= 4 is 29.6 Å². The van der Waals surface area contributed by atoms with Crippen LogP contribution in [0.2, 0.25) is 5.02 Å². The number of carboxylic acid groups (broad SMARTS) is 1. The fourth-order valence-electron chi connectivity index (χ4n) is 2.59. The fraction of sp³-hybridized carbons (Fsp3) is 0.143. The molecule has 148 valence electrons. The summed E-state index contributed by atoms with van der Waals surface area (Å²) in [7, 11) is 0. The van der Waals surface area contributed by atoms with Gasteiger partial charge in [-0.3, -0.25) is 0 Å². The lowest BCUT2D eigenvalue weighted by atomic mass is 10.1. The predicted octanol–water partition coefficient (Wildman–Crippen LogP) is 4.21. The highest BCUT2D eigenvalue weighted by molar-refractivity contribution is 6.33. The van der Waals surface area contributed by atoms with E-state index >= 15 is 0 Å². The van der Waals surface area contributed by atoms with Gasteiger partial charge in [0.2, 0.25) is 5.95 Å². The first-order valence-corrected chi connectivity index (χ1v) is 9.20. The summed E-state index contributed by atoms with van der Waals surface area (Å²) in [5.41, 5.74) is 1.45. The third kappa shape index (κ3) is 5.52. The maximum Gasteiger partial charge on any atom is 0.417 e. The number of anilines is 1. The minimum absolute atomic E-state index is 0.0703. The Morgan fingerprint density at radius 3 is 2.24 bits per heavy atom. The van der Waals surface area contributed by atoms with E-state index in [9.17, 15) is 14.7 Å². The van der Waals surface area contributed by atoms with Crippen LogP contribution >= 0.6 is 11.6 Å². The second kappa shape index (κ2) is 9.66. The lowest BCUT2D eigenvalue weighted by molar-refractivity contribution is 0.0690. The summed E-state index contributed by atoms with van der Waals surface area (Å²) in [4.78, 5) is 33.3. The standard InChI is InChI=1S/C21H18ClN3O4/c22-17-13-23-20(24-18(17)19(26)27)25(12-11-15-7-3-1-4-8-15)21(28)29-14-16-9-5-2-6-10-16/h1-10,13H,11-12,14H2,(H,26,27). The number of hydrogen-bond acceptors (Lipinski definition) is 5. The highest BCUT2D eigenvalue weighted by Crippen LogP contribution is 2.18. The van der Waals surface area contributed by atoms with Gasteiger partial charge in [-0.1, -0.05) is 72.3 Å². The number of halogens is 1. The van der Waals surface area contributed by atoms with Crippen LogP contribution in [0, 0.1) is 0 Å². The Kier molecular flexibility index (Phi) is 6.76. The molecule has 0 spiro atoms. The van der Waals surface area contributed by atoms with Gasteiger partial charge < -0.3 is 9.84 Å². The molecule has 0 unspecified atom stereocenters. The summed E-state index contributed by atoms with van der Waals surface area (Å²) in [5, 5.41) is 9.15. The number of carbonyl (C=O) groups excluding carboxylic acids is 1. The van der Waals surface area contributed by atoms with E-state index in [0.29, 0.717) is 6.42 Å². The van der Waals surface area contributed by atoms with Crippen molar-refractivity contribution in [2.24, 2.45) is 0 Å². The highest BCUT2D eigenvalue weighted by atomic mass is 35.5. The van der Waals surface area contributed by atoms with E-state index in [2.05, 4.69) is 9.97 Å². The molecule has 29 heavy (non-hydrogen) atoms. The van der Waals surface area contributed by atoms with Crippen LogP contribution in [0.5, 0.6) is 0 Å². The van der Waals surface area contributed by atoms with Crippen LogP contribution in [-0.4, -0.2) is 33.7 Å². The molecule has 1 aromatic heterocycles. The molecule has 8 heteroatoms. The number of aromatic carboxylic acids is 1. The van der Waals surface area contributed by atoms with Crippen molar-refractivity contribution in [2.45, 2.75) is 13.0 Å². The number of amides is 1. The Morgan fingerprint density at radius 2 is 1.62 bits per heavy atom. The minimum Gasteiger partial charge on any atom is -0.476 e. The molecule has 1 heterocycles. The average molecular weight is 412 g/mol. The number of nitrogens with zero attached hydrogens (tertiary/aromatic N) is 3. The molecule has 0 fully saturated rings. The van der Waals surface area contributed by atoms with Crippen LogP contribution in [-0.2, 0) is 17.8 Å². The van der Waals surface area contributed by atoms with Crippen molar-refractivity contribution in [3.63, 3.8) is 0 Å². The minimum atomic E-state index is -1.31. The lowest BCUT2D eigenvalue weighted by Crippen LogP contribution is -2.35. The van der Waals surface area contributed by atoms with E-state index in [1.165, 1.54) is 4.90 Å². The molecule has 0 aliphatic carbocycles. The normalized spacial score (nSPS) is 10.4. The summed E-state index contributed by atoms with van der Waals surface area (Å²) < 4.78 is 5.39. The van der Waals surface area contributed by atoms with Crippen molar-refractivity contribution < 1.29 is 19.4 Å². The Morgan fingerprint density at radius 1 is 1.00 bits per heavy atom. The number of rotatable bonds is 7. The molecule has 1 N–H and O–H groups in total. The van der Waals surface area contributed by atoms with Gasteiger partial charge in [0, 0.05) is 6.54 Å². The first-order valence-electron chi connectivity index (χ1n) is 8.82. The number of carboxylic acids is 1. The van der Waals surface area contributed by atoms with Crippen molar-refractivity contribution in [1.29, 1.82) is 0 Å². The predicted molar refractivity (Wildman–Crippen MR) is 108 cm³/mol. The quantitative estimate of drug-likeness (QED) is 0.625. The molecule has 0 atom stereocenters. The van der Waals surface area contributed by atoms with Gasteiger partial charge in [-0.05, 0) is 17.5 Å². The highest BCUT2D eigenvalue weighted by Gasteiger charge is 2.23. The summed E-state index contributed by atoms with van der Waals surface area (Å²) in [6, 6.07) is 18.8. The Bertz CT molecular complexity index is 984. The summed E-state index contributed by atoms with van der Waals surface area (Å²) >= 11 is 5.85. The molecule has 7 nitrogen and oxygen atoms in total. The van der Waals surface area contributed by atoms with Crippen molar-refractivity contribution in [1.82, 2.24) is 9.97 Å². The maximum absolute atomic E-state index is 12.7. The van der Waals surface area contributed by atoms with Gasteiger partial charge in [0.1, 0.15) is 6.61 Å². The average Bonchev–Trinajstić information content (AvgIpc) is 2.74. The smallest absolute Gasteiger partial charge is 0.417 e. The van der Waals surface area contributed by atoms with E-state index in [1.807, 2.05) is 60.7 Å². The molecule has 3 aromatic rings. The zero-order chi connectivity index (χ0) is 20.6. The molecule has 0 bridgehead atoms. The third-order valence-electron chi connectivity index (χ3n) is 4.07. The van der Waals surface area contributed by atoms with Gasteiger partial charge in [-0.2, -0.15) is 0 Å². The largest absolute Gasteiger partial charge is 0.476 e. The number of ether oxygens (including phenoxy) is 1. The number of aromatic nitrogens is 2. The van der Waals surface area contributed by atoms with Gasteiger partial charge in [-0.25, -0.2) is 24.5 Å². The van der Waals surface area contributed by atoms with E-state index in [-0.39, 0.29) is 29.8 Å². The van der Waals surface area contributed by atoms with Crippen molar-refractivity contribution in [3.05, 3.63) is 88.7 Å². The van der Waals surface area contributed by atoms with Crippen molar-refractivity contribution in [3.8, 4) is 0 Å². The van der Waals surface area contributed by atoms with E-state index < -0.39 is 12.1 Å². The topological polar surface area (TPSA) is 92.6 Å². The first kappa shape index (κ1) is 20.3. The molecular formula is C21H18ClN3O4. The number of carbonyl (C=O) groups is 2. The number of hydrogen-bond donors (Lipinski definition) is 1. The molecular weight excluding hydrogens is 394 g/mol. The van der Waals surface area contributed by atoms with E-state index in [1.54, 1.807) is 0 Å². The van der Waals surface area contributed by atoms with E-state index in [4.69, 9.17) is 16.3 Å². The van der Waals surface area contributed by atoms with Gasteiger partial charge in [0.15, 0.2) is 5.69 Å². The van der Waals surface area contributed by atoms with Gasteiger partial charge in [0.25, 0.3) is 0 Å². The van der Waals surface area contributed by atoms with Gasteiger partial charge in [0.05, 0.1) is 11.2 Å². The Hall–Kier alpha value is -3.45. The first-order chi connectivity index (χ1) is 14.0. The third-order valence-corrected chi connectivity index (χ3v) is 4.34. The zero-order valence-corrected chi connectivity index (χ0v) is 16.1. The summed E-state index contributed by atoms with van der Waals surface area (Å²) in [6.07, 6.45) is 0.992. The monoisotopic (exact) mass is 411 g/mol. The fourth-order valence-corrected chi connectivity index (χ4v) is 2.77. The molecule has 0 aliphatic rings. The summed E-state index contributed by atoms with van der Waals surface area (Å²) in [6.45, 7) is 0.277. The second-order valence-electron chi connectivity index (χ2n) is 6.10. The molecule has 3 rings (SSSR count). The van der Waals surface area contributed by atoms with Crippen molar-refractivity contribution in [2.75, 3.05) is 11.4 Å². The lowest BCUT2D eigenvalue weighted by Gasteiger charge is -2.20. The van der Waals surface area contributed by atoms with Gasteiger partial charge >= 0.3 is 12.1 Å². The van der Waals surface area contributed by atoms with Crippen LogP contribution < -0.4 is 4.90 Å². The van der Waals surface area contributed by atoms with Crippen LogP contribution in [0.25, 0.3) is 0 Å². The SMILES string of the molecule is O=C(O)c1nc(N(CCc2ccccc2)C(=O)OCc2ccccc2)ncc1Cl.